The van der Waals surface area contributed by atoms with Crippen LogP contribution in [0.3, 0.4) is 0 Å². The number of urea groups is 1. The van der Waals surface area contributed by atoms with E-state index < -0.39 is 17.5 Å². The van der Waals surface area contributed by atoms with Crippen LogP contribution in [0.2, 0.25) is 0 Å². The van der Waals surface area contributed by atoms with E-state index in [9.17, 15) is 19.1 Å². The van der Waals surface area contributed by atoms with E-state index in [4.69, 9.17) is 10.7 Å². The lowest BCUT2D eigenvalue weighted by atomic mass is 9.91. The quantitative estimate of drug-likeness (QED) is 0.391. The number of aromatic nitrogens is 2. The largest absolute Gasteiger partial charge is 0.399 e. The Morgan fingerprint density at radius 2 is 1.79 bits per heavy atom. The number of amides is 3. The topological polar surface area (TPSA) is 131 Å². The molecule has 12 heteroatoms. The molecule has 2 aromatic rings. The van der Waals surface area contributed by atoms with E-state index >= 15 is 0 Å². The van der Waals surface area contributed by atoms with Gasteiger partial charge in [0.1, 0.15) is 11.7 Å². The summed E-state index contributed by atoms with van der Waals surface area (Å²) in [5, 5.41) is 13.5. The zero-order valence-electron chi connectivity index (χ0n) is 22.8. The minimum absolute atomic E-state index is 0.126. The highest BCUT2D eigenvalue weighted by atomic mass is 19.1. The molecule has 0 aliphatic carbocycles. The normalized spacial score (nSPS) is 21.1. The van der Waals surface area contributed by atoms with Crippen molar-refractivity contribution in [3.8, 4) is 0 Å². The summed E-state index contributed by atoms with van der Waals surface area (Å²) < 4.78 is 13.5. The molecule has 1 aromatic heterocycles. The molecule has 2 atom stereocenters. The molecule has 1 saturated heterocycles. The molecule has 11 nitrogen and oxygen atoms in total. The molecular formula is C27H37FN8O3. The van der Waals surface area contributed by atoms with Crippen LogP contribution >= 0.6 is 0 Å². The van der Waals surface area contributed by atoms with Gasteiger partial charge in [0.15, 0.2) is 17.5 Å². The van der Waals surface area contributed by atoms with E-state index in [1.807, 2.05) is 50.0 Å². The number of nitrogens with two attached hydrogens (primary N) is 1. The fraction of sp³-hybridized carbons (Fsp3) is 0.519. The summed E-state index contributed by atoms with van der Waals surface area (Å²) in [6, 6.07) is 6.29. The molecule has 1 aromatic carbocycles. The van der Waals surface area contributed by atoms with Gasteiger partial charge in [-0.15, -0.1) is 0 Å². The molecule has 0 saturated carbocycles. The Bertz CT molecular complexity index is 1190. The van der Waals surface area contributed by atoms with Gasteiger partial charge in [0.2, 0.25) is 0 Å². The summed E-state index contributed by atoms with van der Waals surface area (Å²) in [4.78, 5) is 44.3. The number of nitrogen functional groups attached to an aromatic ring is 1. The number of imide groups is 1. The third-order valence-electron chi connectivity index (χ3n) is 7.29. The molecule has 3 amide bonds. The number of aliphatic hydroxyl groups excluding tert-OH is 1. The Morgan fingerprint density at radius 3 is 2.38 bits per heavy atom. The number of nitrogens with zero attached hydrogens (tertiary/aromatic N) is 7. The molecule has 3 N–H and O–H groups in total. The number of fused-ring (bicyclic) bond motifs is 1. The van der Waals surface area contributed by atoms with Gasteiger partial charge in [-0.3, -0.25) is 19.6 Å². The van der Waals surface area contributed by atoms with Gasteiger partial charge >= 0.3 is 6.03 Å². The van der Waals surface area contributed by atoms with Crippen LogP contribution < -0.4 is 5.73 Å². The van der Waals surface area contributed by atoms with Crippen molar-refractivity contribution in [2.45, 2.75) is 58.2 Å². The third-order valence-corrected chi connectivity index (χ3v) is 7.29. The maximum absolute atomic E-state index is 14.1. The number of halogens is 1. The van der Waals surface area contributed by atoms with Gasteiger partial charge in [0.25, 0.3) is 5.91 Å². The van der Waals surface area contributed by atoms with Crippen molar-refractivity contribution in [1.29, 1.82) is 0 Å². The van der Waals surface area contributed by atoms with E-state index in [0.717, 1.165) is 18.0 Å². The van der Waals surface area contributed by atoms with Crippen molar-refractivity contribution in [1.82, 2.24) is 29.8 Å². The molecule has 2 aliphatic rings. The van der Waals surface area contributed by atoms with Crippen molar-refractivity contribution < 1.29 is 19.1 Å². The SMILES string of the molecule is CCCN1C(=O)C2N(N(CC)CCO)C(Cc3ncc(F)cn3)=NC2(CC)N(CCc2ccc(N)cc2)C1=O. The van der Waals surface area contributed by atoms with Crippen LogP contribution in [0.5, 0.6) is 0 Å². The van der Waals surface area contributed by atoms with Gasteiger partial charge < -0.3 is 10.8 Å². The first-order valence-corrected chi connectivity index (χ1v) is 13.5. The summed E-state index contributed by atoms with van der Waals surface area (Å²) in [6.45, 7) is 6.99. The summed E-state index contributed by atoms with van der Waals surface area (Å²) in [5.41, 5.74) is 6.34. The number of hydrogen-bond donors (Lipinski definition) is 2. The molecule has 39 heavy (non-hydrogen) atoms. The lowest BCUT2D eigenvalue weighted by Crippen LogP contribution is -2.74. The molecule has 2 unspecified atom stereocenters. The fourth-order valence-corrected chi connectivity index (χ4v) is 5.40. The van der Waals surface area contributed by atoms with Gasteiger partial charge in [0.05, 0.1) is 25.4 Å². The number of hydrogen-bond acceptors (Lipinski definition) is 9. The Balaban J connectivity index is 1.81. The molecule has 0 spiro atoms. The Labute approximate surface area is 228 Å². The van der Waals surface area contributed by atoms with Gasteiger partial charge in [-0.25, -0.2) is 29.2 Å². The van der Waals surface area contributed by atoms with Crippen LogP contribution in [0.4, 0.5) is 14.9 Å². The van der Waals surface area contributed by atoms with Crippen LogP contribution in [0.1, 0.15) is 45.0 Å². The van der Waals surface area contributed by atoms with E-state index in [1.54, 1.807) is 9.91 Å². The van der Waals surface area contributed by atoms with Gasteiger partial charge in [0, 0.05) is 31.9 Å². The summed E-state index contributed by atoms with van der Waals surface area (Å²) in [7, 11) is 0. The van der Waals surface area contributed by atoms with Gasteiger partial charge in [-0.1, -0.05) is 32.9 Å². The maximum Gasteiger partial charge on any atom is 0.328 e. The van der Waals surface area contributed by atoms with E-state index in [0.29, 0.717) is 49.7 Å². The smallest absolute Gasteiger partial charge is 0.328 e. The van der Waals surface area contributed by atoms with E-state index in [1.165, 1.54) is 4.90 Å². The lowest BCUT2D eigenvalue weighted by molar-refractivity contribution is -0.151. The second-order valence-electron chi connectivity index (χ2n) is 9.69. The highest BCUT2D eigenvalue weighted by Crippen LogP contribution is 2.41. The maximum atomic E-state index is 14.1. The first kappa shape index (κ1) is 28.4. The number of benzene rings is 1. The Morgan fingerprint density at radius 1 is 1.10 bits per heavy atom. The summed E-state index contributed by atoms with van der Waals surface area (Å²) in [6.07, 6.45) is 3.86. The van der Waals surface area contributed by atoms with E-state index in [-0.39, 0.29) is 38.1 Å². The van der Waals surface area contributed by atoms with Crippen molar-refractivity contribution in [3.05, 3.63) is 53.9 Å². The number of aliphatic hydroxyl groups is 1. The number of carbonyl (C=O) groups excluding carboxylic acids is 2. The third kappa shape index (κ3) is 5.44. The highest BCUT2D eigenvalue weighted by Gasteiger charge is 2.62. The lowest BCUT2D eigenvalue weighted by Gasteiger charge is -2.51. The van der Waals surface area contributed by atoms with Gasteiger partial charge in [-0.05, 0) is 37.0 Å². The molecule has 0 bridgehead atoms. The van der Waals surface area contributed by atoms with Crippen molar-refractivity contribution >= 4 is 23.5 Å². The summed E-state index contributed by atoms with van der Waals surface area (Å²) >= 11 is 0. The average molecular weight is 541 g/mol. The number of likely N-dealkylation sites (N-methyl/N-ethyl adjacent to an activating group) is 1. The van der Waals surface area contributed by atoms with Crippen molar-refractivity contribution in [2.75, 3.05) is 38.5 Å². The highest BCUT2D eigenvalue weighted by molar-refractivity contribution is 6.05. The first-order valence-electron chi connectivity index (χ1n) is 13.5. The van der Waals surface area contributed by atoms with E-state index in [2.05, 4.69) is 9.97 Å². The second-order valence-corrected chi connectivity index (χ2v) is 9.69. The number of aliphatic imine (C=N–C) groups is 1. The molecule has 0 radical (unpaired) electrons. The zero-order chi connectivity index (χ0) is 28.2. The minimum Gasteiger partial charge on any atom is -0.399 e. The van der Waals surface area contributed by atoms with Crippen LogP contribution in [0.25, 0.3) is 0 Å². The Kier molecular flexibility index (Phi) is 8.76. The van der Waals surface area contributed by atoms with Crippen molar-refractivity contribution in [3.63, 3.8) is 0 Å². The number of anilines is 1. The van der Waals surface area contributed by atoms with Crippen LogP contribution in [-0.4, -0.2) is 97.2 Å². The second kappa shape index (κ2) is 12.0. The number of hydrazine groups is 1. The molecule has 1 fully saturated rings. The molecule has 4 rings (SSSR count). The molecule has 210 valence electrons. The predicted octanol–water partition coefficient (Wildman–Crippen LogP) is 2.08. The number of carbonyl (C=O) groups is 2. The van der Waals surface area contributed by atoms with Crippen molar-refractivity contribution in [2.24, 2.45) is 4.99 Å². The predicted molar refractivity (Wildman–Crippen MR) is 145 cm³/mol. The average Bonchev–Trinajstić information content (AvgIpc) is 3.26. The van der Waals surface area contributed by atoms with Crippen LogP contribution in [0.15, 0.2) is 41.7 Å². The minimum atomic E-state index is -1.18. The fourth-order valence-electron chi connectivity index (χ4n) is 5.40. The first-order chi connectivity index (χ1) is 18.8. The Hall–Kier alpha value is -3.64. The molecule has 2 aliphatic heterocycles. The monoisotopic (exact) mass is 540 g/mol. The van der Waals surface area contributed by atoms with Gasteiger partial charge in [-0.2, -0.15) is 0 Å². The molecule has 3 heterocycles. The molecular weight excluding hydrogens is 503 g/mol. The number of rotatable bonds is 12. The van der Waals surface area contributed by atoms with Crippen LogP contribution in [-0.2, 0) is 17.6 Å². The number of amidine groups is 1. The zero-order valence-corrected chi connectivity index (χ0v) is 22.8. The standard InChI is InChI=1S/C27H37FN8O3/c1-4-12-34-25(38)24-27(5-2,35(26(34)39)13-11-19-7-9-21(29)10-8-19)32-23(36(24)33(6-3)14-15-37)16-22-30-17-20(28)18-31-22/h7-10,17-18,24,37H,4-6,11-16,29H2,1-3H3. The van der Waals surface area contributed by atoms with Crippen LogP contribution in [0, 0.1) is 5.82 Å². The summed E-state index contributed by atoms with van der Waals surface area (Å²) in [5.74, 6) is -0.0611.